The molecule has 2 rings (SSSR count). The van der Waals surface area contributed by atoms with Gasteiger partial charge >= 0.3 is 12.1 Å². The van der Waals surface area contributed by atoms with Gasteiger partial charge in [0, 0.05) is 11.5 Å². The van der Waals surface area contributed by atoms with Gasteiger partial charge in [-0.1, -0.05) is 12.1 Å². The molecule has 0 unspecified atom stereocenters. The topological polar surface area (TPSA) is 81.7 Å². The van der Waals surface area contributed by atoms with Crippen LogP contribution in [-0.4, -0.2) is 42.7 Å². The molecule has 1 fully saturated rings. The highest BCUT2D eigenvalue weighted by Crippen LogP contribution is 2.45. The molecule has 1 atom stereocenters. The van der Waals surface area contributed by atoms with Crippen molar-refractivity contribution in [1.82, 2.24) is 5.32 Å². The van der Waals surface area contributed by atoms with Crippen molar-refractivity contribution in [2.24, 2.45) is 0 Å². The molecule has 0 aliphatic carbocycles. The quantitative estimate of drug-likeness (QED) is 0.831. The van der Waals surface area contributed by atoms with Gasteiger partial charge in [0.1, 0.15) is 0 Å². The Balaban J connectivity index is 1.92. The average Bonchev–Trinajstić information content (AvgIpc) is 3.09. The molecule has 1 aromatic rings. The van der Waals surface area contributed by atoms with Crippen molar-refractivity contribution in [3.63, 3.8) is 0 Å². The van der Waals surface area contributed by atoms with E-state index in [1.165, 1.54) is 6.92 Å². The minimum atomic E-state index is -1.10. The zero-order valence-electron chi connectivity index (χ0n) is 12.7. The van der Waals surface area contributed by atoms with E-state index in [0.717, 1.165) is 24.2 Å². The van der Waals surface area contributed by atoms with Crippen LogP contribution in [0, 0.1) is 0 Å². The summed E-state index contributed by atoms with van der Waals surface area (Å²) in [5.74, 6) is 0.911. The molecule has 0 bridgehead atoms. The van der Waals surface area contributed by atoms with Crippen LogP contribution in [-0.2, 0) is 14.3 Å². The molecule has 1 aliphatic heterocycles. The van der Waals surface area contributed by atoms with Crippen LogP contribution in [0.4, 0.5) is 4.79 Å². The van der Waals surface area contributed by atoms with E-state index < -0.39 is 24.1 Å². The van der Waals surface area contributed by atoms with Crippen molar-refractivity contribution in [1.29, 1.82) is 0 Å². The van der Waals surface area contributed by atoms with Crippen LogP contribution in [0.1, 0.15) is 27.4 Å². The number of esters is 1. The van der Waals surface area contributed by atoms with E-state index in [4.69, 9.17) is 4.74 Å². The van der Waals surface area contributed by atoms with E-state index in [1.54, 1.807) is 12.1 Å². The molecule has 0 saturated carbocycles. The third-order valence-corrected chi connectivity index (χ3v) is 6.21. The first-order valence-corrected chi connectivity index (χ1v) is 9.04. The Morgan fingerprint density at radius 3 is 2.35 bits per heavy atom. The molecular weight excluding hydrogens is 338 g/mol. The number of hydrogen-bond donors (Lipinski definition) is 1. The molecule has 1 heterocycles. The highest BCUT2D eigenvalue weighted by Gasteiger charge is 2.22. The number of nitrogens with one attached hydrogen (secondary N) is 1. The largest absolute Gasteiger partial charge is 0.453 e. The third kappa shape index (κ3) is 4.90. The molecule has 6 nitrogen and oxygen atoms in total. The van der Waals surface area contributed by atoms with Crippen molar-refractivity contribution in [2.75, 3.05) is 18.6 Å². The van der Waals surface area contributed by atoms with Crippen molar-refractivity contribution >= 4 is 41.5 Å². The number of methoxy groups -OCH3 is 1. The summed E-state index contributed by atoms with van der Waals surface area (Å²) in [6.07, 6.45) is -1.99. The van der Waals surface area contributed by atoms with Gasteiger partial charge in [0.15, 0.2) is 6.10 Å². The number of ether oxygens (including phenoxy) is 2. The molecule has 1 aromatic carbocycles. The summed E-state index contributed by atoms with van der Waals surface area (Å²) in [7, 11) is 1.14. The van der Waals surface area contributed by atoms with Gasteiger partial charge in [-0.05, 0) is 24.6 Å². The van der Waals surface area contributed by atoms with Gasteiger partial charge < -0.3 is 9.47 Å². The van der Waals surface area contributed by atoms with E-state index in [2.05, 4.69) is 4.74 Å². The second kappa shape index (κ2) is 8.26. The van der Waals surface area contributed by atoms with Crippen LogP contribution >= 0.6 is 23.5 Å². The lowest BCUT2D eigenvalue weighted by Gasteiger charge is -2.13. The molecular formula is C15H17NO5S2. The number of thioether (sulfide) groups is 2. The minimum Gasteiger partial charge on any atom is -0.453 e. The van der Waals surface area contributed by atoms with Crippen LogP contribution in [0.15, 0.2) is 24.3 Å². The van der Waals surface area contributed by atoms with E-state index in [9.17, 15) is 14.4 Å². The van der Waals surface area contributed by atoms with Gasteiger partial charge in [0.05, 0.1) is 17.3 Å². The van der Waals surface area contributed by atoms with Crippen molar-refractivity contribution < 1.29 is 23.9 Å². The summed E-state index contributed by atoms with van der Waals surface area (Å²) >= 11 is 3.76. The van der Waals surface area contributed by atoms with Gasteiger partial charge in [0.2, 0.25) is 0 Å². The first-order chi connectivity index (χ1) is 11.0. The van der Waals surface area contributed by atoms with Crippen LogP contribution in [0.3, 0.4) is 0 Å². The Labute approximate surface area is 142 Å². The van der Waals surface area contributed by atoms with Crippen LogP contribution in [0.25, 0.3) is 0 Å². The molecule has 1 saturated heterocycles. The van der Waals surface area contributed by atoms with E-state index >= 15 is 0 Å². The Morgan fingerprint density at radius 1 is 1.17 bits per heavy atom. The number of alkyl carbamates (subject to hydrolysis) is 1. The first-order valence-electron chi connectivity index (χ1n) is 6.94. The number of amides is 2. The summed E-state index contributed by atoms with van der Waals surface area (Å²) in [4.78, 5) is 34.6. The summed E-state index contributed by atoms with van der Waals surface area (Å²) in [5, 5.41) is 1.95. The van der Waals surface area contributed by atoms with Crippen molar-refractivity contribution in [3.05, 3.63) is 35.4 Å². The number of carbonyl (C=O) groups excluding carboxylic acids is 3. The van der Waals surface area contributed by atoms with Crippen LogP contribution in [0.2, 0.25) is 0 Å². The molecule has 2 amide bonds. The summed E-state index contributed by atoms with van der Waals surface area (Å²) in [6.45, 7) is 1.39. The summed E-state index contributed by atoms with van der Waals surface area (Å²) in [5.41, 5.74) is 1.52. The molecule has 124 valence electrons. The molecule has 0 spiro atoms. The second-order valence-corrected chi connectivity index (χ2v) is 7.45. The zero-order chi connectivity index (χ0) is 16.8. The van der Waals surface area contributed by atoms with Gasteiger partial charge in [-0.15, -0.1) is 23.5 Å². The molecule has 1 N–H and O–H groups in total. The molecule has 0 radical (unpaired) electrons. The summed E-state index contributed by atoms with van der Waals surface area (Å²) in [6, 6.07) is 7.15. The maximum Gasteiger partial charge on any atom is 0.413 e. The summed E-state index contributed by atoms with van der Waals surface area (Å²) < 4.78 is 9.75. The standard InChI is InChI=1S/C15H17NO5S2/c1-9(12(17)16-15(19)20-2)21-13(18)10-3-5-11(6-4-10)14-22-7-8-23-14/h3-6,9,14H,7-8H2,1-2H3,(H,16,17,19)/t9-/m1/s1. The Morgan fingerprint density at radius 2 is 1.78 bits per heavy atom. The molecule has 0 aromatic heterocycles. The Hall–Kier alpha value is -1.67. The smallest absolute Gasteiger partial charge is 0.413 e. The lowest BCUT2D eigenvalue weighted by molar-refractivity contribution is -0.128. The normalized spacial score (nSPS) is 15.7. The van der Waals surface area contributed by atoms with Crippen molar-refractivity contribution in [3.8, 4) is 0 Å². The lowest BCUT2D eigenvalue weighted by atomic mass is 10.1. The SMILES string of the molecule is COC(=O)NC(=O)[C@@H](C)OC(=O)c1ccc(C2SCCS2)cc1. The first kappa shape index (κ1) is 17.7. The van der Waals surface area contributed by atoms with Gasteiger partial charge in [-0.2, -0.15) is 0 Å². The lowest BCUT2D eigenvalue weighted by Crippen LogP contribution is -2.39. The second-order valence-electron chi connectivity index (χ2n) is 4.72. The highest BCUT2D eigenvalue weighted by atomic mass is 32.2. The monoisotopic (exact) mass is 355 g/mol. The highest BCUT2D eigenvalue weighted by molar-refractivity contribution is 8.19. The van der Waals surface area contributed by atoms with Crippen molar-refractivity contribution in [2.45, 2.75) is 17.6 Å². The Kier molecular flexibility index (Phi) is 6.35. The average molecular weight is 355 g/mol. The fourth-order valence-corrected chi connectivity index (χ4v) is 4.72. The number of benzene rings is 1. The van der Waals surface area contributed by atoms with Crippen LogP contribution in [0.5, 0.6) is 0 Å². The van der Waals surface area contributed by atoms with Crippen LogP contribution < -0.4 is 5.32 Å². The van der Waals surface area contributed by atoms with Gasteiger partial charge in [-0.25, -0.2) is 9.59 Å². The maximum absolute atomic E-state index is 12.0. The fourth-order valence-electron chi connectivity index (χ4n) is 1.86. The molecule has 1 aliphatic rings. The van der Waals surface area contributed by atoms with Gasteiger partial charge in [0.25, 0.3) is 5.91 Å². The maximum atomic E-state index is 12.0. The zero-order valence-corrected chi connectivity index (χ0v) is 14.4. The number of rotatable bonds is 4. The van der Waals surface area contributed by atoms with Gasteiger partial charge in [-0.3, -0.25) is 10.1 Å². The predicted molar refractivity (Wildman–Crippen MR) is 89.5 cm³/mol. The van der Waals surface area contributed by atoms with E-state index in [0.29, 0.717) is 10.1 Å². The number of imide groups is 1. The Bertz CT molecular complexity index is 584. The van der Waals surface area contributed by atoms with E-state index in [1.807, 2.05) is 41.0 Å². The fraction of sp³-hybridized carbons (Fsp3) is 0.400. The predicted octanol–water partition coefficient (Wildman–Crippen LogP) is 2.59. The number of carbonyl (C=O) groups is 3. The third-order valence-electron chi connectivity index (χ3n) is 3.10. The van der Waals surface area contributed by atoms with E-state index in [-0.39, 0.29) is 0 Å². The molecule has 8 heteroatoms. The minimum absolute atomic E-state index is 0.361. The number of hydrogen-bond acceptors (Lipinski definition) is 7. The molecule has 23 heavy (non-hydrogen) atoms.